The topological polar surface area (TPSA) is 0 Å². The predicted octanol–water partition coefficient (Wildman–Crippen LogP) is 14.3. The fourth-order valence-electron chi connectivity index (χ4n) is 10.3. The van der Waals surface area contributed by atoms with Gasteiger partial charge in [0, 0.05) is 0 Å². The van der Waals surface area contributed by atoms with Gasteiger partial charge in [0.1, 0.15) is 0 Å². The van der Waals surface area contributed by atoms with Crippen molar-refractivity contribution in [3.05, 3.63) is 230 Å². The lowest BCUT2D eigenvalue weighted by molar-refractivity contribution is 0.586. The summed E-state index contributed by atoms with van der Waals surface area (Å²) in [5.74, 6) is 0. The van der Waals surface area contributed by atoms with E-state index in [9.17, 15) is 0 Å². The lowest BCUT2D eigenvalue weighted by atomic mass is 9.73. The van der Waals surface area contributed by atoms with E-state index in [1.165, 1.54) is 109 Å². The van der Waals surface area contributed by atoms with E-state index in [1.807, 2.05) is 0 Å². The molecule has 0 saturated carbocycles. The van der Waals surface area contributed by atoms with E-state index < -0.39 is 0 Å². The Morgan fingerprint density at radius 1 is 0.525 bits per heavy atom. The maximum absolute atomic E-state index is 2.59. The Hall–Kier alpha value is -6.50. The van der Waals surface area contributed by atoms with Crippen LogP contribution in [0.5, 0.6) is 0 Å². The molecule has 8 aromatic carbocycles. The minimum atomic E-state index is -0.213. The molecule has 0 saturated heterocycles. The van der Waals surface area contributed by atoms with Crippen molar-refractivity contribution in [2.45, 2.75) is 71.6 Å². The van der Waals surface area contributed by atoms with Gasteiger partial charge in [0.2, 0.25) is 0 Å². The summed E-state index contributed by atoms with van der Waals surface area (Å²) in [7, 11) is 0. The molecule has 0 radical (unpaired) electrons. The van der Waals surface area contributed by atoms with Gasteiger partial charge in [-0.05, 0) is 152 Å². The minimum absolute atomic E-state index is 0.110. The van der Waals surface area contributed by atoms with Gasteiger partial charge in [-0.3, -0.25) is 0 Å². The Bertz CT molecular complexity index is 3250. The SMILES string of the molecule is CC(C)(C)c1cc2c(cc1-c1cccc3ccccc13)=Cc1c(C3=CC=CC3)c(-c3cccc4ccccc34)c(C(C)(C)C)c(=C(Cc3ccccc3)Cc3ccccc3)c1=2. The highest BCUT2D eigenvalue weighted by atomic mass is 14.3. The molecule has 10 rings (SSSR count). The molecule has 0 heterocycles. The van der Waals surface area contributed by atoms with E-state index in [4.69, 9.17) is 0 Å². The van der Waals surface area contributed by atoms with Crippen LogP contribution >= 0.6 is 0 Å². The largest absolute Gasteiger partial charge is 0.0801 e. The number of rotatable bonds is 7. The Kier molecular flexibility index (Phi) is 9.64. The zero-order chi connectivity index (χ0) is 41.9. The molecule has 0 aromatic heterocycles. The normalized spacial score (nSPS) is 13.3. The molecule has 0 spiro atoms. The highest BCUT2D eigenvalue weighted by Crippen LogP contribution is 2.45. The summed E-state index contributed by atoms with van der Waals surface area (Å²) in [5.41, 5.74) is 16.0. The van der Waals surface area contributed by atoms with E-state index in [-0.39, 0.29) is 10.8 Å². The molecule has 298 valence electrons. The predicted molar refractivity (Wildman–Crippen MR) is 262 cm³/mol. The summed E-state index contributed by atoms with van der Waals surface area (Å²) in [5, 5.41) is 10.6. The van der Waals surface area contributed by atoms with Crippen LogP contribution in [0.15, 0.2) is 176 Å². The zero-order valence-corrected chi connectivity index (χ0v) is 36.4. The molecule has 0 unspecified atom stereocenters. The second-order valence-corrected chi connectivity index (χ2v) is 19.2. The number of benzene rings is 8. The van der Waals surface area contributed by atoms with Crippen LogP contribution in [-0.4, -0.2) is 0 Å². The molecule has 0 nitrogen and oxygen atoms in total. The first-order valence-corrected chi connectivity index (χ1v) is 22.1. The molecular formula is C61H54. The Morgan fingerprint density at radius 3 is 1.66 bits per heavy atom. The number of hydrogen-bond acceptors (Lipinski definition) is 0. The zero-order valence-electron chi connectivity index (χ0n) is 36.4. The van der Waals surface area contributed by atoms with Crippen LogP contribution < -0.4 is 10.4 Å². The van der Waals surface area contributed by atoms with Crippen molar-refractivity contribution in [1.29, 1.82) is 0 Å². The second kappa shape index (κ2) is 15.2. The van der Waals surface area contributed by atoms with Crippen molar-refractivity contribution >= 4 is 38.8 Å². The van der Waals surface area contributed by atoms with Crippen LogP contribution in [0.1, 0.15) is 81.3 Å². The van der Waals surface area contributed by atoms with Crippen LogP contribution in [-0.2, 0) is 23.7 Å². The third kappa shape index (κ3) is 6.99. The van der Waals surface area contributed by atoms with Gasteiger partial charge in [0.25, 0.3) is 0 Å². The van der Waals surface area contributed by atoms with Gasteiger partial charge < -0.3 is 0 Å². The summed E-state index contributed by atoms with van der Waals surface area (Å²) in [6, 6.07) is 59.0. The third-order valence-corrected chi connectivity index (χ3v) is 13.0. The Balaban J connectivity index is 1.48. The molecule has 0 amide bonds. The number of hydrogen-bond donors (Lipinski definition) is 0. The number of allylic oxidation sites excluding steroid dienone is 4. The molecule has 0 fully saturated rings. The molecule has 0 atom stereocenters. The highest BCUT2D eigenvalue weighted by molar-refractivity contribution is 6.03. The highest BCUT2D eigenvalue weighted by Gasteiger charge is 2.31. The summed E-state index contributed by atoms with van der Waals surface area (Å²) in [4.78, 5) is 0. The van der Waals surface area contributed by atoms with Crippen molar-refractivity contribution < 1.29 is 0 Å². The molecule has 2 aliphatic carbocycles. The van der Waals surface area contributed by atoms with Crippen molar-refractivity contribution in [2.24, 2.45) is 0 Å². The monoisotopic (exact) mass is 786 g/mol. The molecule has 0 N–H and O–H groups in total. The summed E-state index contributed by atoms with van der Waals surface area (Å²) < 4.78 is 0. The second-order valence-electron chi connectivity index (χ2n) is 19.2. The van der Waals surface area contributed by atoms with Crippen molar-refractivity contribution in [3.8, 4) is 22.3 Å². The standard InChI is InChI=1S/C61H54/c1-60(2,3)54-39-51-45(37-52(54)49-33-19-29-42-25-15-17-31-47(42)49)38-53-55(44-27-13-14-28-44)58(50-34-20-30-43-26-16-18-32-48(43)50)59(61(4,5)6)56(57(51)53)46(35-40-21-9-7-10-22-40)36-41-23-11-8-12-24-41/h7-27,29-34,37-39H,28,35-36H2,1-6H3. The summed E-state index contributed by atoms with van der Waals surface area (Å²) >= 11 is 0. The van der Waals surface area contributed by atoms with Crippen LogP contribution in [0.2, 0.25) is 0 Å². The Morgan fingerprint density at radius 2 is 1.08 bits per heavy atom. The van der Waals surface area contributed by atoms with Gasteiger partial charge in [0.15, 0.2) is 0 Å². The smallest absolute Gasteiger partial charge is 0.00232 e. The lowest BCUT2D eigenvalue weighted by Gasteiger charge is -2.30. The van der Waals surface area contributed by atoms with Gasteiger partial charge in [-0.25, -0.2) is 0 Å². The van der Waals surface area contributed by atoms with Crippen LogP contribution in [0.3, 0.4) is 0 Å². The maximum Gasteiger partial charge on any atom is -0.00232 e. The quantitative estimate of drug-likeness (QED) is 0.151. The van der Waals surface area contributed by atoms with Gasteiger partial charge >= 0.3 is 0 Å². The molecule has 8 aromatic rings. The average molecular weight is 787 g/mol. The molecule has 2 aliphatic rings. The van der Waals surface area contributed by atoms with Gasteiger partial charge in [-0.1, -0.05) is 211 Å². The van der Waals surface area contributed by atoms with E-state index in [2.05, 4.69) is 224 Å². The minimum Gasteiger partial charge on any atom is -0.0801 e. The van der Waals surface area contributed by atoms with Crippen LogP contribution in [0, 0.1) is 10.4 Å². The van der Waals surface area contributed by atoms with Crippen molar-refractivity contribution in [2.75, 3.05) is 0 Å². The first-order chi connectivity index (χ1) is 29.5. The molecule has 0 bridgehead atoms. The van der Waals surface area contributed by atoms with Crippen LogP contribution in [0.25, 0.3) is 61.0 Å². The van der Waals surface area contributed by atoms with Crippen molar-refractivity contribution in [1.82, 2.24) is 0 Å². The van der Waals surface area contributed by atoms with Crippen molar-refractivity contribution in [3.63, 3.8) is 0 Å². The Labute approximate surface area is 361 Å². The molecule has 61 heavy (non-hydrogen) atoms. The average Bonchev–Trinajstić information content (AvgIpc) is 3.93. The summed E-state index contributed by atoms with van der Waals surface area (Å²) in [6.07, 6.45) is 12.2. The van der Waals surface area contributed by atoms with Gasteiger partial charge in [-0.2, -0.15) is 0 Å². The number of fused-ring (bicyclic) bond motifs is 4. The van der Waals surface area contributed by atoms with Gasteiger partial charge in [0.05, 0.1) is 0 Å². The third-order valence-electron chi connectivity index (χ3n) is 13.0. The maximum atomic E-state index is 2.59. The first-order valence-electron chi connectivity index (χ1n) is 22.1. The fourth-order valence-corrected chi connectivity index (χ4v) is 10.3. The molecular weight excluding hydrogens is 733 g/mol. The van der Waals surface area contributed by atoms with Crippen LogP contribution in [0.4, 0.5) is 0 Å². The summed E-state index contributed by atoms with van der Waals surface area (Å²) in [6.45, 7) is 14.5. The van der Waals surface area contributed by atoms with E-state index in [0.29, 0.717) is 0 Å². The fraction of sp³-hybridized carbons (Fsp3) is 0.180. The first kappa shape index (κ1) is 38.7. The van der Waals surface area contributed by atoms with Gasteiger partial charge in [-0.15, -0.1) is 0 Å². The van der Waals surface area contributed by atoms with E-state index >= 15 is 0 Å². The van der Waals surface area contributed by atoms with E-state index in [0.717, 1.165) is 19.3 Å². The molecule has 0 aliphatic heterocycles. The van der Waals surface area contributed by atoms with E-state index in [1.54, 1.807) is 0 Å². The molecule has 0 heteroatoms. The lowest BCUT2D eigenvalue weighted by Crippen LogP contribution is -2.30.